The van der Waals surface area contributed by atoms with Gasteiger partial charge in [-0.05, 0) is 43.4 Å². The summed E-state index contributed by atoms with van der Waals surface area (Å²) in [5, 5.41) is 2.95. The number of hydrogen-bond donors (Lipinski definition) is 1. The first kappa shape index (κ1) is 15.3. The zero-order chi connectivity index (χ0) is 14.9. The van der Waals surface area contributed by atoms with E-state index in [2.05, 4.69) is 33.0 Å². The van der Waals surface area contributed by atoms with Crippen LogP contribution in [0.1, 0.15) is 53.4 Å². The van der Waals surface area contributed by atoms with E-state index in [1.54, 1.807) is 0 Å². The number of carbonyl (C=O) groups is 2. The first-order valence-electron chi connectivity index (χ1n) is 7.99. The van der Waals surface area contributed by atoms with Crippen LogP contribution in [-0.4, -0.2) is 35.3 Å². The molecule has 1 saturated heterocycles. The van der Waals surface area contributed by atoms with Gasteiger partial charge in [-0.15, -0.1) is 0 Å². The van der Waals surface area contributed by atoms with Gasteiger partial charge in [0.2, 0.25) is 11.8 Å². The Kier molecular flexibility index (Phi) is 4.71. The summed E-state index contributed by atoms with van der Waals surface area (Å²) in [5.74, 6) is 1.63. The smallest absolute Gasteiger partial charge is 0.245 e. The highest BCUT2D eigenvalue weighted by molar-refractivity contribution is 5.97. The average Bonchev–Trinajstić information content (AvgIpc) is 3.13. The van der Waals surface area contributed by atoms with Crippen molar-refractivity contribution in [2.45, 2.75) is 65.5 Å². The van der Waals surface area contributed by atoms with E-state index in [4.69, 9.17) is 0 Å². The highest BCUT2D eigenvalue weighted by atomic mass is 16.2. The topological polar surface area (TPSA) is 49.4 Å². The van der Waals surface area contributed by atoms with Gasteiger partial charge in [0, 0.05) is 6.54 Å². The summed E-state index contributed by atoms with van der Waals surface area (Å²) in [6, 6.07) is -0.573. The van der Waals surface area contributed by atoms with Crippen LogP contribution in [-0.2, 0) is 9.59 Å². The molecule has 2 fully saturated rings. The van der Waals surface area contributed by atoms with Crippen LogP contribution in [0.25, 0.3) is 0 Å². The molecular formula is C16H28N2O2. The minimum Gasteiger partial charge on any atom is -0.342 e. The lowest BCUT2D eigenvalue weighted by molar-refractivity contribution is -0.150. The molecule has 1 saturated carbocycles. The zero-order valence-electron chi connectivity index (χ0n) is 13.2. The van der Waals surface area contributed by atoms with Crippen LogP contribution in [0.2, 0.25) is 0 Å². The predicted molar refractivity (Wildman–Crippen MR) is 79.1 cm³/mol. The molecule has 2 amide bonds. The Morgan fingerprint density at radius 2 is 1.70 bits per heavy atom. The monoisotopic (exact) mass is 280 g/mol. The van der Waals surface area contributed by atoms with Crippen LogP contribution >= 0.6 is 0 Å². The maximum Gasteiger partial charge on any atom is 0.245 e. The average molecular weight is 280 g/mol. The molecule has 1 N–H and O–H groups in total. The van der Waals surface area contributed by atoms with Crippen molar-refractivity contribution in [1.29, 1.82) is 0 Å². The van der Waals surface area contributed by atoms with Gasteiger partial charge in [-0.1, -0.05) is 27.7 Å². The number of nitrogens with one attached hydrogen (secondary N) is 1. The predicted octanol–water partition coefficient (Wildman–Crippen LogP) is 2.18. The molecular weight excluding hydrogens is 252 g/mol. The molecule has 1 heterocycles. The Balaban J connectivity index is 2.11. The molecule has 0 bridgehead atoms. The van der Waals surface area contributed by atoms with Gasteiger partial charge in [0.15, 0.2) is 0 Å². The molecule has 4 heteroatoms. The Bertz CT molecular complexity index is 375. The van der Waals surface area contributed by atoms with Crippen LogP contribution in [0.4, 0.5) is 0 Å². The largest absolute Gasteiger partial charge is 0.342 e. The normalized spacial score (nSPS) is 27.4. The van der Waals surface area contributed by atoms with Gasteiger partial charge < -0.3 is 10.2 Å². The number of amides is 2. The van der Waals surface area contributed by atoms with E-state index in [0.29, 0.717) is 17.8 Å². The quantitative estimate of drug-likeness (QED) is 0.811. The third-order valence-corrected chi connectivity index (χ3v) is 4.13. The number of nitrogens with zero attached hydrogens (tertiary/aromatic N) is 1. The highest BCUT2D eigenvalue weighted by Gasteiger charge is 2.42. The van der Waals surface area contributed by atoms with Crippen LogP contribution in [0, 0.1) is 17.8 Å². The van der Waals surface area contributed by atoms with Crippen molar-refractivity contribution in [2.24, 2.45) is 17.8 Å². The fourth-order valence-corrected chi connectivity index (χ4v) is 2.93. The Labute approximate surface area is 122 Å². The summed E-state index contributed by atoms with van der Waals surface area (Å²) in [7, 11) is 0. The van der Waals surface area contributed by atoms with Crippen molar-refractivity contribution >= 4 is 11.8 Å². The number of carbonyl (C=O) groups excluding carboxylic acids is 2. The van der Waals surface area contributed by atoms with E-state index < -0.39 is 0 Å². The molecule has 2 atom stereocenters. The molecule has 2 aliphatic rings. The van der Waals surface area contributed by atoms with Gasteiger partial charge in [0.05, 0.1) is 0 Å². The van der Waals surface area contributed by atoms with Crippen LogP contribution in [0.15, 0.2) is 0 Å². The van der Waals surface area contributed by atoms with E-state index in [9.17, 15) is 9.59 Å². The molecule has 114 valence electrons. The van der Waals surface area contributed by atoms with Crippen molar-refractivity contribution in [3.8, 4) is 0 Å². The minimum atomic E-state index is -0.315. The molecule has 0 aromatic rings. The molecule has 1 aliphatic carbocycles. The lowest BCUT2D eigenvalue weighted by Gasteiger charge is -2.40. The van der Waals surface area contributed by atoms with Crippen molar-refractivity contribution in [3.05, 3.63) is 0 Å². The second-order valence-corrected chi connectivity index (χ2v) is 7.27. The van der Waals surface area contributed by atoms with Gasteiger partial charge >= 0.3 is 0 Å². The van der Waals surface area contributed by atoms with Crippen LogP contribution in [0.5, 0.6) is 0 Å². The van der Waals surface area contributed by atoms with Crippen molar-refractivity contribution in [2.75, 3.05) is 6.54 Å². The molecule has 0 radical (unpaired) electrons. The summed E-state index contributed by atoms with van der Waals surface area (Å²) in [5.41, 5.74) is 0. The van der Waals surface area contributed by atoms with Crippen molar-refractivity contribution in [1.82, 2.24) is 10.2 Å². The Hall–Kier alpha value is -1.06. The third kappa shape index (κ3) is 3.74. The standard InChI is InChI=1S/C16H28N2O2/c1-10(2)7-13-16(20)18(9-12-5-6-12)14(8-11(3)4)15(19)17-13/h10-14H,5-9H2,1-4H3,(H,17,19). The zero-order valence-corrected chi connectivity index (χ0v) is 13.2. The SMILES string of the molecule is CC(C)CC1NC(=O)C(CC(C)C)N(CC2CC2)C1=O. The second kappa shape index (κ2) is 6.15. The fourth-order valence-electron chi connectivity index (χ4n) is 2.93. The van der Waals surface area contributed by atoms with Crippen LogP contribution < -0.4 is 5.32 Å². The molecule has 2 unspecified atom stereocenters. The fraction of sp³-hybridized carbons (Fsp3) is 0.875. The summed E-state index contributed by atoms with van der Waals surface area (Å²) in [4.78, 5) is 26.9. The second-order valence-electron chi connectivity index (χ2n) is 7.27. The number of rotatable bonds is 6. The van der Waals surface area contributed by atoms with Crippen molar-refractivity contribution < 1.29 is 9.59 Å². The summed E-state index contributed by atoms with van der Waals surface area (Å²) in [6.07, 6.45) is 3.90. The summed E-state index contributed by atoms with van der Waals surface area (Å²) in [6.45, 7) is 9.16. The highest BCUT2D eigenvalue weighted by Crippen LogP contribution is 2.32. The third-order valence-electron chi connectivity index (χ3n) is 4.13. The van der Waals surface area contributed by atoms with Gasteiger partial charge in [-0.2, -0.15) is 0 Å². The summed E-state index contributed by atoms with van der Waals surface area (Å²) >= 11 is 0. The van der Waals surface area contributed by atoms with Gasteiger partial charge in [-0.25, -0.2) is 0 Å². The molecule has 4 nitrogen and oxygen atoms in total. The van der Waals surface area contributed by atoms with E-state index in [1.807, 2.05) is 4.90 Å². The van der Waals surface area contributed by atoms with Gasteiger partial charge in [0.25, 0.3) is 0 Å². The molecule has 0 aromatic heterocycles. The van der Waals surface area contributed by atoms with E-state index in [0.717, 1.165) is 19.4 Å². The first-order chi connectivity index (χ1) is 9.38. The van der Waals surface area contributed by atoms with Gasteiger partial charge in [-0.3, -0.25) is 9.59 Å². The molecule has 0 aromatic carbocycles. The van der Waals surface area contributed by atoms with Crippen LogP contribution in [0.3, 0.4) is 0 Å². The molecule has 2 rings (SSSR count). The lowest BCUT2D eigenvalue weighted by Crippen LogP contribution is -2.64. The molecule has 20 heavy (non-hydrogen) atoms. The lowest BCUT2D eigenvalue weighted by atomic mass is 9.94. The van der Waals surface area contributed by atoms with E-state index in [-0.39, 0.29) is 23.9 Å². The van der Waals surface area contributed by atoms with Gasteiger partial charge in [0.1, 0.15) is 12.1 Å². The van der Waals surface area contributed by atoms with Crippen molar-refractivity contribution in [3.63, 3.8) is 0 Å². The maximum atomic E-state index is 12.7. The first-order valence-corrected chi connectivity index (χ1v) is 7.99. The molecule has 1 aliphatic heterocycles. The van der Waals surface area contributed by atoms with E-state index in [1.165, 1.54) is 12.8 Å². The Morgan fingerprint density at radius 1 is 1.10 bits per heavy atom. The summed E-state index contributed by atoms with van der Waals surface area (Å²) < 4.78 is 0. The Morgan fingerprint density at radius 3 is 2.20 bits per heavy atom. The van der Waals surface area contributed by atoms with E-state index >= 15 is 0 Å². The number of hydrogen-bond acceptors (Lipinski definition) is 2. The molecule has 0 spiro atoms. The maximum absolute atomic E-state index is 12.7. The number of piperazine rings is 1. The minimum absolute atomic E-state index is 0.0459.